The topological polar surface area (TPSA) is 46.9 Å². The van der Waals surface area contributed by atoms with E-state index in [9.17, 15) is 4.79 Å². The number of halogens is 1. The molecule has 3 rings (SSSR count). The molecule has 0 saturated carbocycles. The standard InChI is InChI=1S/C14H15AsBrN3O/c1-19-8-12(16)18-13(14(19)20)15-11-3-2-10-7-17-5-4-9(10)6-11/h2-3,6,8,15,17H,4-5,7H2,1H3. The monoisotopic (exact) mass is 395 g/mol. The number of nitrogens with zero attached hydrogens (tertiary/aromatic N) is 2. The number of aryl methyl sites for hydroxylation is 1. The molecule has 1 unspecified atom stereocenters. The van der Waals surface area contributed by atoms with E-state index >= 15 is 0 Å². The van der Waals surface area contributed by atoms with E-state index in [0.717, 1.165) is 24.1 Å². The molecule has 0 bridgehead atoms. The molecule has 0 radical (unpaired) electrons. The minimum absolute atomic E-state index is 0.0209. The van der Waals surface area contributed by atoms with Gasteiger partial charge in [-0.05, 0) is 0 Å². The van der Waals surface area contributed by atoms with Crippen LogP contribution in [0.1, 0.15) is 11.1 Å². The normalized spacial score (nSPS) is 14.7. The maximum atomic E-state index is 12.1. The van der Waals surface area contributed by atoms with Crippen LogP contribution < -0.4 is 19.7 Å². The zero-order chi connectivity index (χ0) is 14.1. The molecular formula is C14H15AsBrN3O. The third-order valence-electron chi connectivity index (χ3n) is 3.40. The predicted molar refractivity (Wildman–Crippen MR) is 85.4 cm³/mol. The molecule has 1 aromatic heterocycles. The van der Waals surface area contributed by atoms with E-state index in [1.54, 1.807) is 17.8 Å². The summed E-state index contributed by atoms with van der Waals surface area (Å²) in [5, 5.41) is 3.37. The molecule has 2 heterocycles. The Bertz CT molecular complexity index is 714. The first kappa shape index (κ1) is 14.1. The Balaban J connectivity index is 1.94. The van der Waals surface area contributed by atoms with E-state index in [1.807, 2.05) is 0 Å². The van der Waals surface area contributed by atoms with Gasteiger partial charge in [0.1, 0.15) is 0 Å². The van der Waals surface area contributed by atoms with Gasteiger partial charge in [0.05, 0.1) is 0 Å². The number of benzene rings is 1. The van der Waals surface area contributed by atoms with Crippen molar-refractivity contribution < 1.29 is 0 Å². The van der Waals surface area contributed by atoms with Crippen LogP contribution in [0.4, 0.5) is 0 Å². The van der Waals surface area contributed by atoms with Gasteiger partial charge >= 0.3 is 132 Å². The summed E-state index contributed by atoms with van der Waals surface area (Å²) in [7, 11) is 1.77. The third kappa shape index (κ3) is 2.90. The second kappa shape index (κ2) is 5.84. The molecule has 4 nitrogen and oxygen atoms in total. The Hall–Kier alpha value is -0.902. The molecule has 0 spiro atoms. The van der Waals surface area contributed by atoms with Crippen LogP contribution in [0.25, 0.3) is 0 Å². The summed E-state index contributed by atoms with van der Waals surface area (Å²) in [6.07, 6.45) is 2.77. The maximum absolute atomic E-state index is 12.1. The van der Waals surface area contributed by atoms with E-state index in [-0.39, 0.29) is 5.56 Å². The SMILES string of the molecule is Cn1cc(Br)nc([AsH]c2ccc3c(c2)CCNC3)c1=O. The predicted octanol–water partition coefficient (Wildman–Crippen LogP) is -0.424. The first-order chi connectivity index (χ1) is 9.63. The molecule has 6 heteroatoms. The average molecular weight is 396 g/mol. The van der Waals surface area contributed by atoms with Crippen LogP contribution in [0.2, 0.25) is 0 Å². The van der Waals surface area contributed by atoms with Crippen LogP contribution in [0, 0.1) is 0 Å². The van der Waals surface area contributed by atoms with Crippen LogP contribution >= 0.6 is 15.9 Å². The number of hydrogen-bond acceptors (Lipinski definition) is 3. The molecule has 0 aliphatic carbocycles. The molecule has 1 aliphatic heterocycles. The van der Waals surface area contributed by atoms with Crippen LogP contribution in [-0.4, -0.2) is 31.8 Å². The summed E-state index contributed by atoms with van der Waals surface area (Å²) in [5.41, 5.74) is 2.81. The number of aromatic nitrogens is 2. The van der Waals surface area contributed by atoms with Gasteiger partial charge in [-0.3, -0.25) is 0 Å². The van der Waals surface area contributed by atoms with Gasteiger partial charge in [0.2, 0.25) is 0 Å². The molecule has 2 aromatic rings. The van der Waals surface area contributed by atoms with Gasteiger partial charge in [-0.15, -0.1) is 0 Å². The average Bonchev–Trinajstić information content (AvgIpc) is 2.44. The first-order valence-electron chi connectivity index (χ1n) is 6.46. The number of hydrogen-bond donors (Lipinski definition) is 1. The Morgan fingerprint density at radius 3 is 3.10 bits per heavy atom. The fourth-order valence-corrected chi connectivity index (χ4v) is 5.57. The van der Waals surface area contributed by atoms with Crippen molar-refractivity contribution in [3.05, 3.63) is 50.5 Å². The van der Waals surface area contributed by atoms with E-state index in [2.05, 4.69) is 44.4 Å². The van der Waals surface area contributed by atoms with Gasteiger partial charge in [-0.1, -0.05) is 0 Å². The van der Waals surface area contributed by atoms with Gasteiger partial charge < -0.3 is 0 Å². The number of fused-ring (bicyclic) bond motifs is 1. The van der Waals surface area contributed by atoms with Crippen LogP contribution in [0.15, 0.2) is 33.8 Å². The zero-order valence-corrected chi connectivity index (χ0v) is 14.8. The molecule has 1 N–H and O–H groups in total. The Labute approximate surface area is 132 Å². The molecule has 0 fully saturated rings. The van der Waals surface area contributed by atoms with Gasteiger partial charge in [-0.25, -0.2) is 0 Å². The van der Waals surface area contributed by atoms with Crippen LogP contribution in [0.5, 0.6) is 0 Å². The van der Waals surface area contributed by atoms with Gasteiger partial charge in [-0.2, -0.15) is 0 Å². The second-order valence-corrected chi connectivity index (χ2v) is 8.41. The molecule has 1 aliphatic rings. The molecular weight excluding hydrogens is 381 g/mol. The van der Waals surface area contributed by atoms with Gasteiger partial charge in [0.15, 0.2) is 0 Å². The van der Waals surface area contributed by atoms with Crippen molar-refractivity contribution in [2.45, 2.75) is 13.0 Å². The van der Waals surface area contributed by atoms with Crippen molar-refractivity contribution in [2.24, 2.45) is 7.05 Å². The summed E-state index contributed by atoms with van der Waals surface area (Å²) in [6.45, 7) is 1.99. The quantitative estimate of drug-likeness (QED) is 0.702. The van der Waals surface area contributed by atoms with Crippen LogP contribution in [0.3, 0.4) is 0 Å². The first-order valence-corrected chi connectivity index (χ1v) is 9.35. The van der Waals surface area contributed by atoms with Gasteiger partial charge in [0.25, 0.3) is 0 Å². The molecule has 0 saturated heterocycles. The van der Waals surface area contributed by atoms with E-state index in [1.165, 1.54) is 15.5 Å². The Morgan fingerprint density at radius 1 is 1.40 bits per heavy atom. The second-order valence-electron chi connectivity index (χ2n) is 4.86. The van der Waals surface area contributed by atoms with Crippen LogP contribution in [-0.2, 0) is 20.0 Å². The fourth-order valence-electron chi connectivity index (χ4n) is 2.34. The van der Waals surface area contributed by atoms with Crippen molar-refractivity contribution >= 4 is 40.5 Å². The summed E-state index contributed by atoms with van der Waals surface area (Å²) in [5.74, 6) is 0. The van der Waals surface area contributed by atoms with Crippen molar-refractivity contribution in [3.8, 4) is 0 Å². The summed E-state index contributed by atoms with van der Waals surface area (Å²) >= 11 is 2.67. The third-order valence-corrected chi connectivity index (χ3v) is 6.22. The van der Waals surface area contributed by atoms with Crippen molar-refractivity contribution in [2.75, 3.05) is 6.54 Å². The molecule has 1 atom stereocenters. The van der Waals surface area contributed by atoms with E-state index in [0.29, 0.717) is 4.48 Å². The molecule has 104 valence electrons. The number of rotatable bonds is 2. The minimum atomic E-state index is -0.690. The Kier molecular flexibility index (Phi) is 4.10. The van der Waals surface area contributed by atoms with Crippen molar-refractivity contribution in [1.82, 2.24) is 14.9 Å². The summed E-state index contributed by atoms with van der Waals surface area (Å²) in [4.78, 5) is 16.5. The molecule has 1 aromatic carbocycles. The molecule has 0 amide bonds. The van der Waals surface area contributed by atoms with E-state index < -0.39 is 15.8 Å². The summed E-state index contributed by atoms with van der Waals surface area (Å²) in [6, 6.07) is 6.59. The molecule has 20 heavy (non-hydrogen) atoms. The fraction of sp³-hybridized carbons (Fsp3) is 0.286. The zero-order valence-electron chi connectivity index (χ0n) is 11.1. The van der Waals surface area contributed by atoms with E-state index in [4.69, 9.17) is 0 Å². The van der Waals surface area contributed by atoms with Gasteiger partial charge in [0, 0.05) is 0 Å². The van der Waals surface area contributed by atoms with Crippen molar-refractivity contribution in [3.63, 3.8) is 0 Å². The Morgan fingerprint density at radius 2 is 2.25 bits per heavy atom. The summed E-state index contributed by atoms with van der Waals surface area (Å²) < 4.78 is 4.29. The van der Waals surface area contributed by atoms with Crippen molar-refractivity contribution in [1.29, 1.82) is 0 Å². The number of nitrogens with one attached hydrogen (secondary N) is 1.